The number of H-pyrrole nitrogens is 1. The lowest BCUT2D eigenvalue weighted by Gasteiger charge is -2.36. The highest BCUT2D eigenvalue weighted by molar-refractivity contribution is 5.84. The van der Waals surface area contributed by atoms with Gasteiger partial charge >= 0.3 is 6.09 Å². The van der Waals surface area contributed by atoms with Gasteiger partial charge in [0, 0.05) is 55.8 Å². The minimum absolute atomic E-state index is 0.272. The Morgan fingerprint density at radius 1 is 0.974 bits per heavy atom. The fourth-order valence-corrected chi connectivity index (χ4v) is 4.25. The van der Waals surface area contributed by atoms with Crippen LogP contribution in [-0.4, -0.2) is 76.9 Å². The zero-order chi connectivity index (χ0) is 28.2. The number of carbonyl (C=O) groups is 1. The van der Waals surface area contributed by atoms with Gasteiger partial charge in [0.05, 0.1) is 23.7 Å². The number of hydrogen-bond acceptors (Lipinski definition) is 9. The van der Waals surface area contributed by atoms with Crippen LogP contribution in [0.25, 0.3) is 33.5 Å². The average Bonchev–Trinajstić information content (AvgIpc) is 3.37. The summed E-state index contributed by atoms with van der Waals surface area (Å²) in [5.74, 6) is 2.65. The van der Waals surface area contributed by atoms with Crippen molar-refractivity contribution in [2.75, 3.05) is 51.0 Å². The number of carbonyl (C=O) groups excluding carboxylic acids is 1. The van der Waals surface area contributed by atoms with Gasteiger partial charge < -0.3 is 35.7 Å². The number of aromatic nitrogens is 4. The number of ether oxygens (including phenoxy) is 2. The van der Waals surface area contributed by atoms with Crippen molar-refractivity contribution in [1.82, 2.24) is 24.8 Å². The maximum atomic E-state index is 12.3. The van der Waals surface area contributed by atoms with Crippen LogP contribution in [0, 0.1) is 0 Å². The molecule has 0 unspecified atom stereocenters. The van der Waals surface area contributed by atoms with E-state index in [1.807, 2.05) is 63.4 Å². The minimum atomic E-state index is -0.500. The van der Waals surface area contributed by atoms with Crippen molar-refractivity contribution in [3.05, 3.63) is 48.8 Å². The van der Waals surface area contributed by atoms with Gasteiger partial charge in [0.2, 0.25) is 0 Å². The van der Waals surface area contributed by atoms with Crippen LogP contribution in [0.15, 0.2) is 48.8 Å². The second-order valence-electron chi connectivity index (χ2n) is 9.98. The SMILES string of the molecule is CN.COc1ccc2nc(-c3cc(-c4ccc(N5CCN(C(=O)OC(C)(C)C)CC5)nc4)cnc3N)[nH]c2c1. The summed E-state index contributed by atoms with van der Waals surface area (Å²) in [7, 11) is 3.13. The molecule has 11 nitrogen and oxygen atoms in total. The summed E-state index contributed by atoms with van der Waals surface area (Å²) in [5.41, 5.74) is 14.4. The van der Waals surface area contributed by atoms with Gasteiger partial charge in [-0.05, 0) is 58.2 Å². The molecule has 0 bridgehead atoms. The van der Waals surface area contributed by atoms with Crippen molar-refractivity contribution < 1.29 is 14.3 Å². The number of imidazole rings is 1. The number of rotatable bonds is 4. The number of anilines is 2. The molecule has 1 aliphatic rings. The molecule has 0 radical (unpaired) electrons. The molecule has 4 heterocycles. The number of amides is 1. The molecule has 206 valence electrons. The molecule has 0 saturated carbocycles. The zero-order valence-corrected chi connectivity index (χ0v) is 23.1. The molecule has 0 atom stereocenters. The molecule has 1 saturated heterocycles. The van der Waals surface area contributed by atoms with E-state index >= 15 is 0 Å². The van der Waals surface area contributed by atoms with Crippen LogP contribution >= 0.6 is 0 Å². The summed E-state index contributed by atoms with van der Waals surface area (Å²) in [4.78, 5) is 33.3. The van der Waals surface area contributed by atoms with Gasteiger partial charge in [-0.25, -0.2) is 19.7 Å². The van der Waals surface area contributed by atoms with Gasteiger partial charge in [-0.1, -0.05) is 0 Å². The number of aromatic amines is 1. The molecule has 0 spiro atoms. The highest BCUT2D eigenvalue weighted by Crippen LogP contribution is 2.30. The molecule has 11 heteroatoms. The lowest BCUT2D eigenvalue weighted by molar-refractivity contribution is 0.0240. The van der Waals surface area contributed by atoms with E-state index in [4.69, 9.17) is 15.2 Å². The Bertz CT molecular complexity index is 1420. The molecular weight excluding hydrogens is 496 g/mol. The Hall–Kier alpha value is -4.38. The van der Waals surface area contributed by atoms with E-state index in [1.54, 1.807) is 18.2 Å². The van der Waals surface area contributed by atoms with Gasteiger partial charge in [-0.15, -0.1) is 0 Å². The first-order valence-corrected chi connectivity index (χ1v) is 12.8. The number of nitrogens with zero attached hydrogens (tertiary/aromatic N) is 5. The van der Waals surface area contributed by atoms with Crippen LogP contribution < -0.4 is 21.1 Å². The summed E-state index contributed by atoms with van der Waals surface area (Å²) in [6, 6.07) is 11.6. The summed E-state index contributed by atoms with van der Waals surface area (Å²) in [6.07, 6.45) is 3.29. The van der Waals surface area contributed by atoms with E-state index in [2.05, 4.69) is 30.6 Å². The van der Waals surface area contributed by atoms with Crippen LogP contribution in [0.4, 0.5) is 16.4 Å². The summed E-state index contributed by atoms with van der Waals surface area (Å²) >= 11 is 0. The Labute approximate surface area is 228 Å². The standard InChI is InChI=1S/C27H31N7O3.CH5N/c1-27(2,3)37-26(35)34-11-9-33(10-12-34)23-8-5-17(15-29-23)18-13-20(24(28)30-16-18)25-31-21-7-6-19(36-4)14-22(21)32-25;1-2/h5-8,13-16H,9-12H2,1-4H3,(H2,28,30)(H,31,32);2H2,1H3. The monoisotopic (exact) mass is 532 g/mol. The molecule has 3 aromatic heterocycles. The van der Waals surface area contributed by atoms with Gasteiger partial charge in [-0.3, -0.25) is 0 Å². The number of pyridine rings is 2. The molecule has 5 rings (SSSR count). The molecular formula is C28H36N8O3. The van der Waals surface area contributed by atoms with Crippen molar-refractivity contribution in [2.45, 2.75) is 26.4 Å². The average molecular weight is 533 g/mol. The van der Waals surface area contributed by atoms with E-state index < -0.39 is 5.60 Å². The quantitative estimate of drug-likeness (QED) is 0.356. The van der Waals surface area contributed by atoms with Crippen LogP contribution in [0.2, 0.25) is 0 Å². The second kappa shape index (κ2) is 11.6. The lowest BCUT2D eigenvalue weighted by Crippen LogP contribution is -2.50. The molecule has 1 aliphatic heterocycles. The Morgan fingerprint density at radius 2 is 1.69 bits per heavy atom. The number of nitrogen functional groups attached to an aromatic ring is 1. The summed E-state index contributed by atoms with van der Waals surface area (Å²) in [5, 5.41) is 0. The van der Waals surface area contributed by atoms with E-state index in [0.29, 0.717) is 37.8 Å². The van der Waals surface area contributed by atoms with Crippen molar-refractivity contribution in [3.63, 3.8) is 0 Å². The fourth-order valence-electron chi connectivity index (χ4n) is 4.25. The first kappa shape index (κ1) is 27.6. The molecule has 1 fully saturated rings. The highest BCUT2D eigenvalue weighted by atomic mass is 16.6. The minimum Gasteiger partial charge on any atom is -0.497 e. The van der Waals surface area contributed by atoms with Gasteiger partial charge in [0.15, 0.2) is 0 Å². The lowest BCUT2D eigenvalue weighted by atomic mass is 10.1. The van der Waals surface area contributed by atoms with Gasteiger partial charge in [0.1, 0.15) is 28.8 Å². The van der Waals surface area contributed by atoms with Crippen LogP contribution in [-0.2, 0) is 4.74 Å². The predicted octanol–water partition coefficient (Wildman–Crippen LogP) is 3.91. The van der Waals surface area contributed by atoms with Crippen molar-refractivity contribution in [2.24, 2.45) is 5.73 Å². The zero-order valence-electron chi connectivity index (χ0n) is 23.1. The van der Waals surface area contributed by atoms with Crippen molar-refractivity contribution in [1.29, 1.82) is 0 Å². The maximum Gasteiger partial charge on any atom is 0.410 e. The first-order valence-electron chi connectivity index (χ1n) is 12.8. The predicted molar refractivity (Wildman–Crippen MR) is 154 cm³/mol. The molecule has 39 heavy (non-hydrogen) atoms. The molecule has 5 N–H and O–H groups in total. The molecule has 1 amide bonds. The Morgan fingerprint density at radius 3 is 2.33 bits per heavy atom. The third kappa shape index (κ3) is 6.37. The van der Waals surface area contributed by atoms with Crippen molar-refractivity contribution in [3.8, 4) is 28.3 Å². The van der Waals surface area contributed by atoms with Crippen LogP contribution in [0.1, 0.15) is 20.8 Å². The van der Waals surface area contributed by atoms with E-state index in [0.717, 1.165) is 39.3 Å². The summed E-state index contributed by atoms with van der Waals surface area (Å²) in [6.45, 7) is 8.19. The molecule has 4 aromatic rings. The van der Waals surface area contributed by atoms with E-state index in [9.17, 15) is 4.79 Å². The van der Waals surface area contributed by atoms with Crippen LogP contribution in [0.3, 0.4) is 0 Å². The van der Waals surface area contributed by atoms with Crippen LogP contribution in [0.5, 0.6) is 5.75 Å². The van der Waals surface area contributed by atoms with Gasteiger partial charge in [0.25, 0.3) is 0 Å². The number of piperazine rings is 1. The summed E-state index contributed by atoms with van der Waals surface area (Å²) < 4.78 is 10.8. The number of benzene rings is 1. The van der Waals surface area contributed by atoms with Gasteiger partial charge in [-0.2, -0.15) is 0 Å². The topological polar surface area (TPSA) is 149 Å². The van der Waals surface area contributed by atoms with E-state index in [1.165, 1.54) is 7.05 Å². The second-order valence-corrected chi connectivity index (χ2v) is 9.98. The number of fused-ring (bicyclic) bond motifs is 1. The first-order chi connectivity index (χ1) is 18.7. The molecule has 0 aliphatic carbocycles. The molecule has 1 aromatic carbocycles. The normalized spacial score (nSPS) is 13.6. The third-order valence-electron chi connectivity index (χ3n) is 6.20. The number of nitrogens with two attached hydrogens (primary N) is 2. The van der Waals surface area contributed by atoms with E-state index in [-0.39, 0.29) is 6.09 Å². The Kier molecular flexibility index (Phi) is 8.20. The largest absolute Gasteiger partial charge is 0.497 e. The third-order valence-corrected chi connectivity index (χ3v) is 6.20. The fraction of sp³-hybridized carbons (Fsp3) is 0.357. The number of hydrogen-bond donors (Lipinski definition) is 3. The number of methoxy groups -OCH3 is 1. The maximum absolute atomic E-state index is 12.3. The van der Waals surface area contributed by atoms with Crippen molar-refractivity contribution >= 4 is 28.8 Å². The highest BCUT2D eigenvalue weighted by Gasteiger charge is 2.26. The number of nitrogens with one attached hydrogen (secondary N) is 1. The Balaban J connectivity index is 0.00000172. The smallest absolute Gasteiger partial charge is 0.410 e.